The zero-order chi connectivity index (χ0) is 71.8. The molecule has 0 fully saturated rings. The Kier molecular flexibility index (Phi) is 67.6. The molecule has 0 rings (SSSR count). The molecule has 0 aliphatic rings. The molecule has 3 N–H and O–H groups in total. The average Bonchev–Trinajstić information content (AvgIpc) is 0.972. The second-order valence-corrected chi connectivity index (χ2v) is 27.7. The SMILES string of the molecule is CC/C=C\C/C=C\C/C=C\C/C=C\C/C=C\CCCCCC(=O)OCC(COP(=O)(O)OCC(O)COP(=O)(O)OCC(COC(=O)CCCCCCC/C=C\C/C=C\C/C=C\CC)OC(=O)CCCCCCCCCCCCC)OC(=O)CCCCCCC/C=C\C/C=C\CCC. The summed E-state index contributed by atoms with van der Waals surface area (Å²) in [6.07, 6.45) is 76.2. The largest absolute Gasteiger partial charge is 0.472 e. The molecule has 5 unspecified atom stereocenters. The van der Waals surface area contributed by atoms with Gasteiger partial charge in [-0.05, 0) is 128 Å². The zero-order valence-electron chi connectivity index (χ0n) is 61.2. The van der Waals surface area contributed by atoms with Gasteiger partial charge in [-0.25, -0.2) is 9.13 Å². The van der Waals surface area contributed by atoms with E-state index < -0.39 is 97.5 Å². The Labute approximate surface area is 593 Å². The number of hydrogen-bond donors (Lipinski definition) is 3. The van der Waals surface area contributed by atoms with E-state index in [2.05, 4.69) is 149 Å². The van der Waals surface area contributed by atoms with Gasteiger partial charge < -0.3 is 33.8 Å². The van der Waals surface area contributed by atoms with Crippen LogP contribution in [0.4, 0.5) is 0 Å². The topological polar surface area (TPSA) is 237 Å². The summed E-state index contributed by atoms with van der Waals surface area (Å²) in [5.74, 6) is -2.24. The molecular formula is C79H134O17P2. The molecule has 0 aliphatic heterocycles. The predicted octanol–water partition coefficient (Wildman–Crippen LogP) is 21.6. The summed E-state index contributed by atoms with van der Waals surface area (Å²) in [4.78, 5) is 72.8. The minimum atomic E-state index is -4.99. The van der Waals surface area contributed by atoms with Crippen LogP contribution < -0.4 is 0 Å². The number of aliphatic hydroxyl groups is 1. The quantitative estimate of drug-likeness (QED) is 0.0169. The van der Waals surface area contributed by atoms with E-state index in [1.165, 1.54) is 38.5 Å². The van der Waals surface area contributed by atoms with E-state index >= 15 is 0 Å². The highest BCUT2D eigenvalue weighted by Crippen LogP contribution is 2.45. The molecule has 0 amide bonds. The summed E-state index contributed by atoms with van der Waals surface area (Å²) in [7, 11) is -9.96. The number of phosphoric ester groups is 2. The summed E-state index contributed by atoms with van der Waals surface area (Å²) >= 11 is 0. The van der Waals surface area contributed by atoms with Gasteiger partial charge in [-0.15, -0.1) is 0 Å². The summed E-state index contributed by atoms with van der Waals surface area (Å²) < 4.78 is 68.4. The Hall–Kier alpha value is -4.54. The van der Waals surface area contributed by atoms with Crippen LogP contribution in [-0.4, -0.2) is 96.7 Å². The van der Waals surface area contributed by atoms with E-state index in [9.17, 15) is 43.2 Å². The van der Waals surface area contributed by atoms with Crippen LogP contribution in [0.25, 0.3) is 0 Å². The maximum atomic E-state index is 13.1. The molecule has 0 aromatic carbocycles. The number of ether oxygens (including phenoxy) is 4. The third-order valence-electron chi connectivity index (χ3n) is 15.4. The smallest absolute Gasteiger partial charge is 0.462 e. The van der Waals surface area contributed by atoms with Crippen molar-refractivity contribution in [3.8, 4) is 0 Å². The third-order valence-corrected chi connectivity index (χ3v) is 17.3. The van der Waals surface area contributed by atoms with Crippen LogP contribution in [0.3, 0.4) is 0 Å². The lowest BCUT2D eigenvalue weighted by Gasteiger charge is -2.21. The number of carbonyl (C=O) groups is 4. The molecule has 0 saturated heterocycles. The van der Waals surface area contributed by atoms with Crippen molar-refractivity contribution in [1.29, 1.82) is 0 Å². The van der Waals surface area contributed by atoms with Crippen LogP contribution in [0.5, 0.6) is 0 Å². The highest BCUT2D eigenvalue weighted by atomic mass is 31.2. The number of rotatable bonds is 70. The molecule has 5 atom stereocenters. The molecule has 0 saturated carbocycles. The number of carbonyl (C=O) groups excluding carboxylic acids is 4. The van der Waals surface area contributed by atoms with Crippen molar-refractivity contribution in [2.24, 2.45) is 0 Å². The Bertz CT molecular complexity index is 2340. The van der Waals surface area contributed by atoms with Crippen molar-refractivity contribution in [2.75, 3.05) is 39.6 Å². The molecule has 19 heteroatoms. The first-order valence-electron chi connectivity index (χ1n) is 37.8. The van der Waals surface area contributed by atoms with Crippen molar-refractivity contribution < 1.29 is 80.2 Å². The molecule has 0 bridgehead atoms. The van der Waals surface area contributed by atoms with Crippen molar-refractivity contribution in [3.05, 3.63) is 122 Å². The molecule has 0 aromatic heterocycles. The fraction of sp³-hybridized carbons (Fsp3) is 0.696. The first kappa shape index (κ1) is 93.5. The highest BCUT2D eigenvalue weighted by molar-refractivity contribution is 7.47. The van der Waals surface area contributed by atoms with E-state index in [1.807, 2.05) is 0 Å². The molecule has 0 aromatic rings. The highest BCUT2D eigenvalue weighted by Gasteiger charge is 2.30. The van der Waals surface area contributed by atoms with Gasteiger partial charge in [-0.1, -0.05) is 265 Å². The van der Waals surface area contributed by atoms with E-state index in [0.717, 1.165) is 180 Å². The zero-order valence-corrected chi connectivity index (χ0v) is 63.0. The predicted molar refractivity (Wildman–Crippen MR) is 399 cm³/mol. The first-order chi connectivity index (χ1) is 47.7. The van der Waals surface area contributed by atoms with E-state index in [0.29, 0.717) is 25.7 Å². The monoisotopic (exact) mass is 1420 g/mol. The molecule has 562 valence electrons. The van der Waals surface area contributed by atoms with Gasteiger partial charge in [0.2, 0.25) is 0 Å². The lowest BCUT2D eigenvalue weighted by atomic mass is 10.1. The lowest BCUT2D eigenvalue weighted by Crippen LogP contribution is -2.30. The average molecular weight is 1420 g/mol. The number of phosphoric acid groups is 2. The van der Waals surface area contributed by atoms with Gasteiger partial charge in [0.1, 0.15) is 19.3 Å². The molecule has 98 heavy (non-hydrogen) atoms. The van der Waals surface area contributed by atoms with Crippen LogP contribution in [0.1, 0.15) is 297 Å². The normalized spacial score (nSPS) is 14.6. The third kappa shape index (κ3) is 69.9. The summed E-state index contributed by atoms with van der Waals surface area (Å²) in [6.45, 7) is 4.50. The van der Waals surface area contributed by atoms with Crippen molar-refractivity contribution in [1.82, 2.24) is 0 Å². The van der Waals surface area contributed by atoms with Gasteiger partial charge in [0.25, 0.3) is 0 Å². The maximum Gasteiger partial charge on any atom is 0.472 e. The molecular weight excluding hydrogens is 1280 g/mol. The minimum Gasteiger partial charge on any atom is -0.462 e. The fourth-order valence-corrected chi connectivity index (χ4v) is 11.3. The second-order valence-electron chi connectivity index (χ2n) is 24.8. The van der Waals surface area contributed by atoms with Crippen LogP contribution in [0.2, 0.25) is 0 Å². The second kappa shape index (κ2) is 70.9. The lowest BCUT2D eigenvalue weighted by molar-refractivity contribution is -0.161. The molecule has 0 heterocycles. The maximum absolute atomic E-state index is 13.1. The minimum absolute atomic E-state index is 0.0687. The van der Waals surface area contributed by atoms with E-state index in [-0.39, 0.29) is 25.7 Å². The first-order valence-corrected chi connectivity index (χ1v) is 40.8. The molecule has 0 spiro atoms. The van der Waals surface area contributed by atoms with E-state index in [4.69, 9.17) is 37.0 Å². The number of allylic oxidation sites excluding steroid dienone is 20. The van der Waals surface area contributed by atoms with Crippen LogP contribution in [0, 0.1) is 0 Å². The van der Waals surface area contributed by atoms with Gasteiger partial charge in [0.05, 0.1) is 26.4 Å². The Balaban J connectivity index is 5.36. The van der Waals surface area contributed by atoms with Crippen molar-refractivity contribution in [3.63, 3.8) is 0 Å². The molecule has 17 nitrogen and oxygen atoms in total. The standard InChI is InChI=1S/C79H134O17P2/c1-5-9-13-17-21-25-29-32-34-35-36-37-39-42-45-48-52-56-60-64-77(82)90-70-75(96-79(84)66-62-58-54-50-46-40-31-27-23-19-15-11-7-3)72-94-98(87,88)92-68-73(80)67-91-97(85,86)93-71-74(95-78(83)65-61-57-53-49-43-28-24-20-16-12-8-4)69-89-76(81)63-59-55-51-47-44-41-38-33-30-26-22-18-14-10-6-2/h9-10,13-15,19,21-22,25-27,31-34,36-38,42,45,73-75,80H,5-8,11-12,16-18,20,23-24,28-30,35,39-41,43-44,46-72H2,1-4H3,(H,85,86)(H,87,88)/b13-9-,14-10-,19-15-,25-21-,26-22-,31-27-,34-32-,37-36-,38-33-,45-42-. The fourth-order valence-electron chi connectivity index (χ4n) is 9.71. The van der Waals surface area contributed by atoms with E-state index in [1.54, 1.807) is 0 Å². The number of unbranched alkanes of at least 4 members (excludes halogenated alkanes) is 24. The number of hydrogen-bond acceptors (Lipinski definition) is 15. The van der Waals surface area contributed by atoms with Gasteiger partial charge in [-0.3, -0.25) is 37.3 Å². The molecule has 0 radical (unpaired) electrons. The van der Waals surface area contributed by atoms with Crippen molar-refractivity contribution >= 4 is 39.5 Å². The summed E-state index contributed by atoms with van der Waals surface area (Å²) in [6, 6.07) is 0. The summed E-state index contributed by atoms with van der Waals surface area (Å²) in [5, 5.41) is 10.6. The number of aliphatic hydroxyl groups excluding tert-OH is 1. The Morgan fingerprint density at radius 2 is 0.551 bits per heavy atom. The van der Waals surface area contributed by atoms with Crippen molar-refractivity contribution in [2.45, 2.75) is 316 Å². The van der Waals surface area contributed by atoms with Gasteiger partial charge in [0.15, 0.2) is 12.2 Å². The van der Waals surface area contributed by atoms with Crippen LogP contribution >= 0.6 is 15.6 Å². The summed E-state index contributed by atoms with van der Waals surface area (Å²) in [5.41, 5.74) is 0. The van der Waals surface area contributed by atoms with Gasteiger partial charge in [0, 0.05) is 25.7 Å². The molecule has 0 aliphatic carbocycles. The van der Waals surface area contributed by atoms with Crippen LogP contribution in [-0.2, 0) is 65.4 Å². The van der Waals surface area contributed by atoms with Crippen LogP contribution in [0.15, 0.2) is 122 Å². The Morgan fingerprint density at radius 3 is 0.867 bits per heavy atom. The van der Waals surface area contributed by atoms with Gasteiger partial charge >= 0.3 is 39.5 Å². The Morgan fingerprint density at radius 1 is 0.296 bits per heavy atom. The van der Waals surface area contributed by atoms with Gasteiger partial charge in [-0.2, -0.15) is 0 Å². The number of esters is 4.